The average Bonchev–Trinajstić information content (AvgIpc) is 2.73. The first-order valence-corrected chi connectivity index (χ1v) is 9.34. The van der Waals surface area contributed by atoms with Crippen LogP contribution in [0.1, 0.15) is 19.5 Å². The Bertz CT molecular complexity index is 1110. The Morgan fingerprint density at radius 2 is 1.60 bits per heavy atom. The number of carbonyl (C=O) groups excluding carboxylic acids is 3. The lowest BCUT2D eigenvalue weighted by Crippen LogP contribution is -2.29. The van der Waals surface area contributed by atoms with Gasteiger partial charge in [-0.1, -0.05) is 24.3 Å². The summed E-state index contributed by atoms with van der Waals surface area (Å²) < 4.78 is 5.15. The Labute approximate surface area is 173 Å². The first kappa shape index (κ1) is 20.7. The van der Waals surface area contributed by atoms with Crippen LogP contribution in [0.15, 0.2) is 66.7 Å². The second-order valence-electron chi connectivity index (χ2n) is 6.59. The molecule has 3 aromatic rings. The summed E-state index contributed by atoms with van der Waals surface area (Å²) in [5, 5.41) is 6.30. The zero-order valence-corrected chi connectivity index (χ0v) is 16.6. The fourth-order valence-corrected chi connectivity index (χ4v) is 2.68. The van der Waals surface area contributed by atoms with Gasteiger partial charge in [0.05, 0.1) is 11.2 Å². The molecule has 0 radical (unpaired) electrons. The number of nitrogens with zero attached hydrogens (tertiary/aromatic N) is 1. The number of fused-ring (bicyclic) bond motifs is 1. The lowest BCUT2D eigenvalue weighted by molar-refractivity contribution is -0.148. The van der Waals surface area contributed by atoms with Crippen molar-refractivity contribution in [2.45, 2.75) is 20.0 Å². The number of esters is 1. The number of carbonyl (C=O) groups is 3. The van der Waals surface area contributed by atoms with Crippen LogP contribution in [0.2, 0.25) is 0 Å². The normalized spacial score (nSPS) is 11.8. The maximum atomic E-state index is 12.2. The Morgan fingerprint density at radius 3 is 2.30 bits per heavy atom. The number of rotatable bonds is 6. The molecule has 2 N–H and O–H groups in total. The van der Waals surface area contributed by atoms with E-state index in [2.05, 4.69) is 15.6 Å². The molecular formula is C23H21N3O4. The number of amides is 2. The van der Waals surface area contributed by atoms with Crippen LogP contribution in [0.3, 0.4) is 0 Å². The zero-order chi connectivity index (χ0) is 21.5. The molecule has 1 heterocycles. The van der Waals surface area contributed by atoms with Crippen molar-refractivity contribution in [2.75, 3.05) is 10.6 Å². The van der Waals surface area contributed by atoms with Crippen LogP contribution in [0.4, 0.5) is 11.4 Å². The van der Waals surface area contributed by atoms with E-state index >= 15 is 0 Å². The van der Waals surface area contributed by atoms with Crippen molar-refractivity contribution in [3.8, 4) is 0 Å². The summed E-state index contributed by atoms with van der Waals surface area (Å²) in [5.74, 6) is -1.29. The molecular weight excluding hydrogens is 382 g/mol. The van der Waals surface area contributed by atoms with Crippen LogP contribution in [-0.4, -0.2) is 28.9 Å². The number of hydrogen-bond donors (Lipinski definition) is 2. The minimum Gasteiger partial charge on any atom is -0.449 e. The fourth-order valence-electron chi connectivity index (χ4n) is 2.68. The van der Waals surface area contributed by atoms with Gasteiger partial charge < -0.3 is 15.4 Å². The molecule has 0 aliphatic carbocycles. The molecule has 0 unspecified atom stereocenters. The minimum absolute atomic E-state index is 0.181. The average molecular weight is 403 g/mol. The van der Waals surface area contributed by atoms with Gasteiger partial charge in [-0.3, -0.25) is 9.59 Å². The highest BCUT2D eigenvalue weighted by molar-refractivity contribution is 5.97. The van der Waals surface area contributed by atoms with Crippen molar-refractivity contribution >= 4 is 46.1 Å². The molecule has 7 nitrogen and oxygen atoms in total. The van der Waals surface area contributed by atoms with Gasteiger partial charge in [0.2, 0.25) is 5.91 Å². The van der Waals surface area contributed by atoms with Crippen molar-refractivity contribution in [3.05, 3.63) is 72.4 Å². The largest absolute Gasteiger partial charge is 0.449 e. The van der Waals surface area contributed by atoms with Crippen molar-refractivity contribution in [1.82, 2.24) is 4.98 Å². The number of anilines is 2. The predicted octanol–water partition coefficient (Wildman–Crippen LogP) is 3.78. The minimum atomic E-state index is -0.985. The molecule has 0 aliphatic heterocycles. The molecule has 1 aromatic heterocycles. The smallest absolute Gasteiger partial charge is 0.331 e. The monoisotopic (exact) mass is 403 g/mol. The fraction of sp³-hybridized carbons (Fsp3) is 0.130. The molecule has 2 aromatic carbocycles. The molecule has 2 amide bonds. The number of aromatic nitrogens is 1. The predicted molar refractivity (Wildman–Crippen MR) is 116 cm³/mol. The number of nitrogens with one attached hydrogen (secondary N) is 2. The lowest BCUT2D eigenvalue weighted by atomic mass is 10.2. The van der Waals surface area contributed by atoms with Crippen LogP contribution in [-0.2, 0) is 19.1 Å². The number of hydrogen-bond acceptors (Lipinski definition) is 5. The quantitative estimate of drug-likeness (QED) is 0.482. The molecule has 0 saturated carbocycles. The van der Waals surface area contributed by atoms with Crippen molar-refractivity contribution in [2.24, 2.45) is 0 Å². The number of para-hydroxylation sites is 1. The Morgan fingerprint density at radius 1 is 0.933 bits per heavy atom. The van der Waals surface area contributed by atoms with Crippen LogP contribution < -0.4 is 10.6 Å². The Balaban J connectivity index is 1.54. The summed E-state index contributed by atoms with van der Waals surface area (Å²) in [7, 11) is 0. The van der Waals surface area contributed by atoms with Crippen molar-refractivity contribution in [3.63, 3.8) is 0 Å². The van der Waals surface area contributed by atoms with E-state index in [4.69, 9.17) is 4.74 Å². The van der Waals surface area contributed by atoms with Crippen LogP contribution in [0.25, 0.3) is 17.0 Å². The van der Waals surface area contributed by atoms with Crippen LogP contribution >= 0.6 is 0 Å². The molecule has 0 saturated heterocycles. The summed E-state index contributed by atoms with van der Waals surface area (Å²) in [5.41, 5.74) is 2.58. The standard InChI is InChI=1S/C23H21N3O4/c1-15(23(29)26-20-11-9-18(10-12-20)24-16(2)27)30-22(28)14-13-19-8-7-17-5-3-4-6-21(17)25-19/h3-15H,1-2H3,(H,24,27)(H,26,29)/b14-13-/t15-/m1/s1. The zero-order valence-electron chi connectivity index (χ0n) is 16.6. The number of ether oxygens (including phenoxy) is 1. The van der Waals surface area contributed by atoms with E-state index in [1.165, 1.54) is 19.9 Å². The summed E-state index contributed by atoms with van der Waals surface area (Å²) in [4.78, 5) is 39.7. The summed E-state index contributed by atoms with van der Waals surface area (Å²) in [6.07, 6.45) is 1.80. The van der Waals surface area contributed by atoms with Gasteiger partial charge in [-0.2, -0.15) is 0 Å². The SMILES string of the molecule is CC(=O)Nc1ccc(NC(=O)[C@@H](C)OC(=O)/C=C\c2ccc3ccccc3n2)cc1. The maximum absolute atomic E-state index is 12.2. The third-order valence-electron chi connectivity index (χ3n) is 4.15. The highest BCUT2D eigenvalue weighted by Gasteiger charge is 2.16. The van der Waals surface area contributed by atoms with Gasteiger partial charge in [-0.15, -0.1) is 0 Å². The molecule has 3 rings (SSSR count). The molecule has 0 aliphatic rings. The number of pyridine rings is 1. The first-order valence-electron chi connectivity index (χ1n) is 9.34. The number of benzene rings is 2. The van der Waals surface area contributed by atoms with E-state index in [1.807, 2.05) is 30.3 Å². The van der Waals surface area contributed by atoms with Crippen molar-refractivity contribution < 1.29 is 19.1 Å². The van der Waals surface area contributed by atoms with Gasteiger partial charge in [0.1, 0.15) is 0 Å². The van der Waals surface area contributed by atoms with Gasteiger partial charge in [0.25, 0.3) is 5.91 Å². The highest BCUT2D eigenvalue weighted by atomic mass is 16.5. The van der Waals surface area contributed by atoms with Crippen LogP contribution in [0, 0.1) is 0 Å². The lowest BCUT2D eigenvalue weighted by Gasteiger charge is -2.12. The molecule has 0 spiro atoms. The van der Waals surface area contributed by atoms with Gasteiger partial charge in [-0.25, -0.2) is 9.78 Å². The highest BCUT2D eigenvalue weighted by Crippen LogP contribution is 2.15. The van der Waals surface area contributed by atoms with E-state index < -0.39 is 18.0 Å². The van der Waals surface area contributed by atoms with Gasteiger partial charge in [0.15, 0.2) is 6.10 Å². The van der Waals surface area contributed by atoms with Gasteiger partial charge in [-0.05, 0) is 49.4 Å². The molecule has 30 heavy (non-hydrogen) atoms. The van der Waals surface area contributed by atoms with Crippen molar-refractivity contribution in [1.29, 1.82) is 0 Å². The van der Waals surface area contributed by atoms with E-state index in [-0.39, 0.29) is 5.91 Å². The molecule has 7 heteroatoms. The van der Waals surface area contributed by atoms with E-state index in [0.717, 1.165) is 10.9 Å². The molecule has 0 fully saturated rings. The van der Waals surface area contributed by atoms with Gasteiger partial charge >= 0.3 is 5.97 Å². The summed E-state index contributed by atoms with van der Waals surface area (Å²) >= 11 is 0. The first-order chi connectivity index (χ1) is 14.4. The Hall–Kier alpha value is -4.00. The van der Waals surface area contributed by atoms with E-state index in [9.17, 15) is 14.4 Å². The van der Waals surface area contributed by atoms with Gasteiger partial charge in [0, 0.05) is 29.8 Å². The topological polar surface area (TPSA) is 97.4 Å². The summed E-state index contributed by atoms with van der Waals surface area (Å²) in [6.45, 7) is 2.90. The summed E-state index contributed by atoms with van der Waals surface area (Å²) in [6, 6.07) is 18.0. The molecule has 152 valence electrons. The second-order valence-corrected chi connectivity index (χ2v) is 6.59. The third-order valence-corrected chi connectivity index (χ3v) is 4.15. The third kappa shape index (κ3) is 5.75. The van der Waals surface area contributed by atoms with Crippen LogP contribution in [0.5, 0.6) is 0 Å². The van der Waals surface area contributed by atoms with E-state index in [0.29, 0.717) is 17.1 Å². The second kappa shape index (κ2) is 9.47. The van der Waals surface area contributed by atoms with E-state index in [1.54, 1.807) is 36.4 Å². The molecule has 0 bridgehead atoms. The Kier molecular flexibility index (Phi) is 6.54. The molecule has 1 atom stereocenters. The maximum Gasteiger partial charge on any atom is 0.331 e.